The number of ether oxygens (including phenoxy) is 2. The maximum absolute atomic E-state index is 13.8. The van der Waals surface area contributed by atoms with Gasteiger partial charge >= 0.3 is 0 Å². The summed E-state index contributed by atoms with van der Waals surface area (Å²) in [6, 6.07) is 18.9. The molecule has 8 heteroatoms. The zero-order chi connectivity index (χ0) is 30.0. The highest BCUT2D eigenvalue weighted by Crippen LogP contribution is 2.44. The molecule has 2 aliphatic rings. The van der Waals surface area contributed by atoms with Crippen molar-refractivity contribution in [2.24, 2.45) is 5.92 Å². The number of aliphatic hydroxyl groups is 2. The monoisotopic (exact) mass is 592 g/mol. The number of hydrogen-bond acceptors (Lipinski definition) is 6. The molecule has 7 nitrogen and oxygen atoms in total. The van der Waals surface area contributed by atoms with E-state index in [1.54, 1.807) is 7.11 Å². The third-order valence-corrected chi connectivity index (χ3v) is 8.92. The summed E-state index contributed by atoms with van der Waals surface area (Å²) >= 11 is 6.25. The van der Waals surface area contributed by atoms with E-state index in [1.807, 2.05) is 86.3 Å². The summed E-state index contributed by atoms with van der Waals surface area (Å²) < 4.78 is 11.7. The molecule has 2 aliphatic heterocycles. The smallest absolute Gasteiger partial charge is 0.232 e. The van der Waals surface area contributed by atoms with Crippen molar-refractivity contribution < 1.29 is 24.5 Å². The van der Waals surface area contributed by atoms with E-state index < -0.39 is 11.6 Å². The molecule has 3 aromatic carbocycles. The van der Waals surface area contributed by atoms with Crippen LogP contribution in [0.1, 0.15) is 61.9 Å². The van der Waals surface area contributed by atoms with Gasteiger partial charge in [0.25, 0.3) is 0 Å². The van der Waals surface area contributed by atoms with Crippen LogP contribution in [0.3, 0.4) is 0 Å². The number of hydrogen-bond donors (Lipinski definition) is 2. The van der Waals surface area contributed by atoms with Crippen molar-refractivity contribution in [1.29, 1.82) is 0 Å². The Labute approximate surface area is 253 Å². The van der Waals surface area contributed by atoms with Crippen LogP contribution in [0, 0.1) is 5.92 Å². The van der Waals surface area contributed by atoms with Gasteiger partial charge in [-0.15, -0.1) is 0 Å². The Balaban J connectivity index is 1.51. The number of nitrogens with zero attached hydrogens (tertiary/aromatic N) is 2. The van der Waals surface area contributed by atoms with Crippen LogP contribution in [0.15, 0.2) is 60.7 Å². The Bertz CT molecular complexity index is 1380. The van der Waals surface area contributed by atoms with E-state index in [-0.39, 0.29) is 31.0 Å². The third-order valence-electron chi connectivity index (χ3n) is 8.67. The van der Waals surface area contributed by atoms with Gasteiger partial charge in [0.1, 0.15) is 0 Å². The van der Waals surface area contributed by atoms with Gasteiger partial charge in [-0.25, -0.2) is 0 Å². The van der Waals surface area contributed by atoms with E-state index in [1.165, 1.54) is 0 Å². The summed E-state index contributed by atoms with van der Waals surface area (Å²) in [4.78, 5) is 17.9. The van der Waals surface area contributed by atoms with Crippen LogP contribution in [0.5, 0.6) is 11.5 Å². The zero-order valence-electron chi connectivity index (χ0n) is 24.8. The summed E-state index contributed by atoms with van der Waals surface area (Å²) in [7, 11) is 1.61. The van der Waals surface area contributed by atoms with Crippen molar-refractivity contribution in [2.75, 3.05) is 38.3 Å². The van der Waals surface area contributed by atoms with Crippen LogP contribution in [0.2, 0.25) is 5.02 Å². The molecule has 0 spiro atoms. The first-order valence-corrected chi connectivity index (χ1v) is 15.1. The molecule has 42 heavy (non-hydrogen) atoms. The lowest BCUT2D eigenvalue weighted by atomic mass is 9.77. The predicted molar refractivity (Wildman–Crippen MR) is 166 cm³/mol. The fraction of sp³-hybridized carbons (Fsp3) is 0.441. The molecule has 224 valence electrons. The van der Waals surface area contributed by atoms with Crippen molar-refractivity contribution in [1.82, 2.24) is 4.90 Å². The van der Waals surface area contributed by atoms with Gasteiger partial charge < -0.3 is 29.5 Å². The fourth-order valence-electron chi connectivity index (χ4n) is 6.38. The van der Waals surface area contributed by atoms with Gasteiger partial charge in [0.15, 0.2) is 11.5 Å². The minimum absolute atomic E-state index is 0.0298. The number of anilines is 1. The molecule has 1 amide bonds. The van der Waals surface area contributed by atoms with Gasteiger partial charge in [0.05, 0.1) is 37.9 Å². The number of amides is 1. The summed E-state index contributed by atoms with van der Waals surface area (Å²) in [6.45, 7) is 8.37. The highest BCUT2D eigenvalue weighted by molar-refractivity contribution is 6.30. The average Bonchev–Trinajstić information content (AvgIpc) is 2.97. The molecule has 3 aromatic rings. The number of aliphatic hydroxyl groups excluding tert-OH is 1. The predicted octanol–water partition coefficient (Wildman–Crippen LogP) is 5.73. The molecule has 0 bridgehead atoms. The number of likely N-dealkylation sites (tertiary alicyclic amines) is 1. The number of fused-ring (bicyclic) bond motifs is 1. The Morgan fingerprint density at radius 2 is 1.69 bits per heavy atom. The molecule has 5 rings (SSSR count). The summed E-state index contributed by atoms with van der Waals surface area (Å²) in [5.74, 6) is 1.32. The third kappa shape index (κ3) is 6.16. The Hall–Kier alpha value is -3.10. The lowest BCUT2D eigenvalue weighted by molar-refractivity contribution is -0.118. The maximum atomic E-state index is 13.8. The van der Waals surface area contributed by atoms with Gasteiger partial charge in [0.2, 0.25) is 5.91 Å². The maximum Gasteiger partial charge on any atom is 0.232 e. The molecule has 1 saturated heterocycles. The lowest BCUT2D eigenvalue weighted by Gasteiger charge is -2.40. The number of carbonyl (C=O) groups is 1. The van der Waals surface area contributed by atoms with Crippen LogP contribution in [-0.4, -0.2) is 60.5 Å². The Morgan fingerprint density at radius 3 is 2.29 bits per heavy atom. The minimum atomic E-state index is -1.00. The first kappa shape index (κ1) is 30.4. The largest absolute Gasteiger partial charge is 0.493 e. The number of benzene rings is 3. The molecule has 2 heterocycles. The molecule has 0 unspecified atom stereocenters. The highest BCUT2D eigenvalue weighted by Gasteiger charge is 2.38. The van der Waals surface area contributed by atoms with E-state index in [2.05, 4.69) is 4.90 Å². The van der Waals surface area contributed by atoms with Crippen LogP contribution >= 0.6 is 11.6 Å². The van der Waals surface area contributed by atoms with Crippen LogP contribution in [0.25, 0.3) is 0 Å². The van der Waals surface area contributed by atoms with Gasteiger partial charge in [0, 0.05) is 17.3 Å². The van der Waals surface area contributed by atoms with E-state index in [4.69, 9.17) is 21.1 Å². The number of halogens is 1. The van der Waals surface area contributed by atoms with Gasteiger partial charge in [-0.2, -0.15) is 0 Å². The molecular formula is C34H41ClN2O5. The second-order valence-corrected chi connectivity index (χ2v) is 12.2. The Morgan fingerprint density at radius 1 is 1.02 bits per heavy atom. The molecule has 1 fully saturated rings. The van der Waals surface area contributed by atoms with E-state index in [0.717, 1.165) is 53.9 Å². The van der Waals surface area contributed by atoms with Crippen LogP contribution in [-0.2, 0) is 16.8 Å². The molecule has 0 aromatic heterocycles. The van der Waals surface area contributed by atoms with Crippen LogP contribution in [0.4, 0.5) is 5.69 Å². The molecule has 0 saturated carbocycles. The second-order valence-electron chi connectivity index (χ2n) is 11.8. The van der Waals surface area contributed by atoms with Crippen molar-refractivity contribution in [3.63, 3.8) is 0 Å². The minimum Gasteiger partial charge on any atom is -0.493 e. The summed E-state index contributed by atoms with van der Waals surface area (Å²) in [5.41, 5.74) is 3.38. The van der Waals surface area contributed by atoms with Gasteiger partial charge in [-0.1, -0.05) is 35.9 Å². The van der Waals surface area contributed by atoms with Crippen molar-refractivity contribution in [2.45, 2.75) is 57.8 Å². The molecule has 2 N–H and O–H groups in total. The SMILES string of the molecule is COc1cc2c(cc1OC(C)C)[C@H](c1ccc(Cl)cc1)N(c1ccc([C@](C)(O)C3CCN(CCO)CC3)cc1)C(=O)C2. The van der Waals surface area contributed by atoms with E-state index in [9.17, 15) is 15.0 Å². The summed E-state index contributed by atoms with van der Waals surface area (Å²) in [6.07, 6.45) is 1.90. The van der Waals surface area contributed by atoms with Crippen molar-refractivity contribution in [3.8, 4) is 11.5 Å². The topological polar surface area (TPSA) is 82.5 Å². The van der Waals surface area contributed by atoms with E-state index in [0.29, 0.717) is 23.1 Å². The normalized spacial score (nSPS) is 19.5. The first-order chi connectivity index (χ1) is 20.1. The molecule has 2 atom stereocenters. The average molecular weight is 593 g/mol. The molecular weight excluding hydrogens is 552 g/mol. The fourth-order valence-corrected chi connectivity index (χ4v) is 6.51. The first-order valence-electron chi connectivity index (χ1n) is 14.7. The van der Waals surface area contributed by atoms with Gasteiger partial charge in [-0.05, 0) is 111 Å². The van der Waals surface area contributed by atoms with E-state index >= 15 is 0 Å². The highest BCUT2D eigenvalue weighted by atomic mass is 35.5. The van der Waals surface area contributed by atoms with Crippen LogP contribution < -0.4 is 14.4 Å². The van der Waals surface area contributed by atoms with Crippen molar-refractivity contribution in [3.05, 3.63) is 87.9 Å². The quantitative estimate of drug-likeness (QED) is 0.330. The van der Waals surface area contributed by atoms with Gasteiger partial charge in [-0.3, -0.25) is 4.79 Å². The zero-order valence-corrected chi connectivity index (χ0v) is 25.6. The lowest BCUT2D eigenvalue weighted by Crippen LogP contribution is -2.43. The standard InChI is InChI=1S/C34H41ClN2O5/c1-22(2)42-31-21-29-24(19-30(31)41-4)20-32(39)37(33(29)23-5-9-27(35)10-6-23)28-11-7-25(8-12-28)34(3,40)26-13-15-36(16-14-26)17-18-38/h5-12,19,21-22,26,33,38,40H,13-18,20H2,1-4H3/t33-,34-/m0/s1. The second kappa shape index (κ2) is 12.6. The number of β-amino-alcohol motifs (C(OH)–C–C–N with tert-alkyl or cyclic N) is 1. The number of rotatable bonds is 9. The number of piperidine rings is 1. The summed E-state index contributed by atoms with van der Waals surface area (Å²) in [5, 5.41) is 21.5. The molecule has 0 aliphatic carbocycles. The number of methoxy groups -OCH3 is 1. The Kier molecular flexibility index (Phi) is 9.14. The molecule has 0 radical (unpaired) electrons. The number of carbonyl (C=O) groups excluding carboxylic acids is 1. The van der Waals surface area contributed by atoms with Crippen molar-refractivity contribution >= 4 is 23.2 Å².